The number of esters is 2. The van der Waals surface area contributed by atoms with Crippen LogP contribution < -0.4 is 4.74 Å². The van der Waals surface area contributed by atoms with E-state index in [0.717, 1.165) is 0 Å². The van der Waals surface area contributed by atoms with Crippen LogP contribution in [-0.2, 0) is 14.3 Å². The van der Waals surface area contributed by atoms with Crippen molar-refractivity contribution in [3.05, 3.63) is 36.4 Å². The molecule has 0 amide bonds. The van der Waals surface area contributed by atoms with E-state index in [1.165, 1.54) is 19.1 Å². The summed E-state index contributed by atoms with van der Waals surface area (Å²) in [6.45, 7) is 1.33. The van der Waals surface area contributed by atoms with Gasteiger partial charge in [-0.2, -0.15) is 0 Å². The van der Waals surface area contributed by atoms with Crippen LogP contribution in [0.3, 0.4) is 0 Å². The third-order valence-electron chi connectivity index (χ3n) is 1.90. The molecule has 2 rings (SSSR count). The normalized spacial score (nSPS) is 16.1. The lowest BCUT2D eigenvalue weighted by atomic mass is 10.3. The fraction of sp³-hybridized carbons (Fsp3) is 0.0833. The summed E-state index contributed by atoms with van der Waals surface area (Å²) < 4.78 is 9.64. The number of aliphatic imine (C=N–C) groups is 1. The molecule has 0 N–H and O–H groups in total. The molecular formula is C12H9NO4. The summed E-state index contributed by atoms with van der Waals surface area (Å²) in [5, 5.41) is 0. The van der Waals surface area contributed by atoms with E-state index in [1.807, 2.05) is 0 Å². The average Bonchev–Trinajstić information content (AvgIpc) is 2.66. The molecule has 1 aliphatic heterocycles. The molecule has 0 bridgehead atoms. The highest BCUT2D eigenvalue weighted by Gasteiger charge is 2.10. The number of cyclic esters (lactones) is 1. The van der Waals surface area contributed by atoms with Crippen molar-refractivity contribution >= 4 is 23.5 Å². The summed E-state index contributed by atoms with van der Waals surface area (Å²) in [4.78, 5) is 25.5. The second-order valence-electron chi connectivity index (χ2n) is 3.29. The summed E-state index contributed by atoms with van der Waals surface area (Å²) in [6.07, 6.45) is 2.79. The Bertz CT molecular complexity index is 514. The van der Waals surface area contributed by atoms with Gasteiger partial charge in [-0.15, -0.1) is 0 Å². The maximum Gasteiger partial charge on any atom is 0.337 e. The molecule has 5 heteroatoms. The Kier molecular flexibility index (Phi) is 3.00. The zero-order valence-corrected chi connectivity index (χ0v) is 9.04. The summed E-state index contributed by atoms with van der Waals surface area (Å²) in [5.74, 6) is -0.118. The van der Waals surface area contributed by atoms with Gasteiger partial charge in [0.1, 0.15) is 5.75 Å². The van der Waals surface area contributed by atoms with Crippen molar-refractivity contribution in [2.24, 2.45) is 4.99 Å². The van der Waals surface area contributed by atoms with Crippen LogP contribution in [0.2, 0.25) is 0 Å². The average molecular weight is 231 g/mol. The molecule has 1 aliphatic rings. The van der Waals surface area contributed by atoms with Gasteiger partial charge in [-0.1, -0.05) is 0 Å². The first-order valence-electron chi connectivity index (χ1n) is 4.90. The van der Waals surface area contributed by atoms with E-state index in [1.54, 1.807) is 24.3 Å². The van der Waals surface area contributed by atoms with E-state index >= 15 is 0 Å². The largest absolute Gasteiger partial charge is 0.427 e. The van der Waals surface area contributed by atoms with Crippen molar-refractivity contribution in [1.82, 2.24) is 0 Å². The quantitative estimate of drug-likeness (QED) is 0.574. The summed E-state index contributed by atoms with van der Waals surface area (Å²) in [6, 6.07) is 6.54. The molecule has 0 saturated carbocycles. The van der Waals surface area contributed by atoms with Crippen molar-refractivity contribution in [1.29, 1.82) is 0 Å². The number of rotatable bonds is 2. The Morgan fingerprint density at radius 1 is 1.24 bits per heavy atom. The number of hydrogen-bond acceptors (Lipinski definition) is 5. The number of nitrogens with zero attached hydrogens (tertiary/aromatic N) is 1. The molecule has 1 aromatic rings. The summed E-state index contributed by atoms with van der Waals surface area (Å²) in [7, 11) is 0. The Hall–Kier alpha value is -2.43. The molecule has 0 radical (unpaired) electrons. The maximum atomic E-state index is 10.8. The van der Waals surface area contributed by atoms with Crippen molar-refractivity contribution in [3.63, 3.8) is 0 Å². The fourth-order valence-electron chi connectivity index (χ4n) is 1.25. The second kappa shape index (κ2) is 4.61. The first-order valence-corrected chi connectivity index (χ1v) is 4.90. The number of ether oxygens (including phenoxy) is 2. The molecule has 0 unspecified atom stereocenters. The van der Waals surface area contributed by atoms with Gasteiger partial charge in [-0.3, -0.25) is 4.79 Å². The van der Waals surface area contributed by atoms with Crippen molar-refractivity contribution in [2.45, 2.75) is 6.92 Å². The molecule has 0 fully saturated rings. The lowest BCUT2D eigenvalue weighted by molar-refractivity contribution is -0.132. The molecule has 5 nitrogen and oxygen atoms in total. The second-order valence-corrected chi connectivity index (χ2v) is 3.29. The summed E-state index contributed by atoms with van der Waals surface area (Å²) in [5.41, 5.74) is 0.607. The number of hydrogen-bond donors (Lipinski definition) is 0. The van der Waals surface area contributed by atoms with Crippen molar-refractivity contribution in [2.75, 3.05) is 0 Å². The third-order valence-corrected chi connectivity index (χ3v) is 1.90. The van der Waals surface area contributed by atoms with Crippen LogP contribution in [0.15, 0.2) is 41.4 Å². The van der Waals surface area contributed by atoms with E-state index < -0.39 is 5.97 Å². The molecule has 0 spiro atoms. The Morgan fingerprint density at radius 3 is 2.47 bits per heavy atom. The summed E-state index contributed by atoms with van der Waals surface area (Å²) >= 11 is 0. The zero-order chi connectivity index (χ0) is 12.3. The minimum absolute atomic E-state index is 0.246. The highest BCUT2D eigenvalue weighted by Crippen LogP contribution is 2.19. The van der Waals surface area contributed by atoms with Crippen LogP contribution in [0.4, 0.5) is 5.69 Å². The van der Waals surface area contributed by atoms with Crippen LogP contribution >= 0.6 is 0 Å². The van der Waals surface area contributed by atoms with Gasteiger partial charge in [-0.05, 0) is 24.3 Å². The molecule has 0 atom stereocenters. The zero-order valence-electron chi connectivity index (χ0n) is 9.04. The molecule has 86 valence electrons. The molecule has 0 aliphatic carbocycles. The number of carbonyl (C=O) groups excluding carboxylic acids is 2. The Morgan fingerprint density at radius 2 is 1.94 bits per heavy atom. The standard InChI is InChI=1S/C12H9NO4/c1-8(14)16-10-4-2-9(3-5-10)13-11-6-7-12(15)17-11/h2-7H,1H3. The molecule has 17 heavy (non-hydrogen) atoms. The van der Waals surface area contributed by atoms with Gasteiger partial charge in [0.2, 0.25) is 5.90 Å². The van der Waals surface area contributed by atoms with Crippen LogP contribution in [0.1, 0.15) is 6.92 Å². The third kappa shape index (κ3) is 3.01. The number of benzene rings is 1. The first-order chi connectivity index (χ1) is 8.13. The Balaban J connectivity index is 2.11. The SMILES string of the molecule is CC(=O)Oc1ccc(N=C2C=CC(=O)O2)cc1. The lowest BCUT2D eigenvalue weighted by Gasteiger charge is -2.01. The number of carbonyl (C=O) groups is 2. The monoisotopic (exact) mass is 231 g/mol. The topological polar surface area (TPSA) is 65.0 Å². The molecule has 0 aromatic heterocycles. The van der Waals surface area contributed by atoms with Gasteiger partial charge in [0.15, 0.2) is 0 Å². The lowest BCUT2D eigenvalue weighted by Crippen LogP contribution is -2.00. The smallest absolute Gasteiger partial charge is 0.337 e. The highest BCUT2D eigenvalue weighted by atomic mass is 16.5. The van der Waals surface area contributed by atoms with E-state index in [-0.39, 0.29) is 11.9 Å². The van der Waals surface area contributed by atoms with Gasteiger partial charge >= 0.3 is 11.9 Å². The molecule has 0 saturated heterocycles. The van der Waals surface area contributed by atoms with E-state index in [9.17, 15) is 9.59 Å². The van der Waals surface area contributed by atoms with E-state index in [2.05, 4.69) is 4.99 Å². The van der Waals surface area contributed by atoms with Crippen LogP contribution in [0.25, 0.3) is 0 Å². The predicted octanol–water partition coefficient (Wildman–Crippen LogP) is 1.75. The van der Waals surface area contributed by atoms with Crippen molar-refractivity contribution < 1.29 is 19.1 Å². The van der Waals surface area contributed by atoms with Gasteiger partial charge in [0.05, 0.1) is 5.69 Å². The first kappa shape index (κ1) is 11.1. The fourth-order valence-corrected chi connectivity index (χ4v) is 1.25. The van der Waals surface area contributed by atoms with Crippen LogP contribution in [0.5, 0.6) is 5.75 Å². The maximum absolute atomic E-state index is 10.8. The molecule has 1 aromatic carbocycles. The van der Waals surface area contributed by atoms with Crippen LogP contribution in [0, 0.1) is 0 Å². The minimum atomic E-state index is -0.430. The Labute approximate surface area is 97.4 Å². The van der Waals surface area contributed by atoms with Gasteiger partial charge in [0.25, 0.3) is 0 Å². The predicted molar refractivity (Wildman–Crippen MR) is 60.1 cm³/mol. The van der Waals surface area contributed by atoms with Crippen LogP contribution in [-0.4, -0.2) is 17.8 Å². The van der Waals surface area contributed by atoms with Gasteiger partial charge in [0, 0.05) is 19.1 Å². The molecular weight excluding hydrogens is 222 g/mol. The van der Waals surface area contributed by atoms with Gasteiger partial charge < -0.3 is 9.47 Å². The minimum Gasteiger partial charge on any atom is -0.427 e. The van der Waals surface area contributed by atoms with E-state index in [4.69, 9.17) is 9.47 Å². The highest BCUT2D eigenvalue weighted by molar-refractivity contribution is 6.08. The van der Waals surface area contributed by atoms with E-state index in [0.29, 0.717) is 11.4 Å². The van der Waals surface area contributed by atoms with Gasteiger partial charge in [-0.25, -0.2) is 9.79 Å². The molecule has 1 heterocycles. The van der Waals surface area contributed by atoms with Crippen molar-refractivity contribution in [3.8, 4) is 5.75 Å².